The quantitative estimate of drug-likeness (QED) is 0.355. The Morgan fingerprint density at radius 3 is 1.95 bits per heavy atom. The largest absolute Gasteiger partial charge is 0.516 e. The van der Waals surface area contributed by atoms with Crippen molar-refractivity contribution in [2.75, 3.05) is 13.2 Å². The van der Waals surface area contributed by atoms with Gasteiger partial charge in [0.25, 0.3) is 0 Å². The summed E-state index contributed by atoms with van der Waals surface area (Å²) >= 11 is 0. The molecule has 0 aromatic carbocycles. The van der Waals surface area contributed by atoms with E-state index >= 15 is 0 Å². The monoisotopic (exact) mass is 273 g/mol. The van der Waals surface area contributed by atoms with Crippen molar-refractivity contribution in [3.05, 3.63) is 0 Å². The summed E-state index contributed by atoms with van der Waals surface area (Å²) in [5.74, 6) is -0.499. The van der Waals surface area contributed by atoms with Gasteiger partial charge in [-0.25, -0.2) is 4.79 Å². The normalized spacial score (nSPS) is 10.2. The highest BCUT2D eigenvalue weighted by molar-refractivity contribution is 5.81. The second-order valence-corrected chi connectivity index (χ2v) is 4.52. The average Bonchev–Trinajstić information content (AvgIpc) is 2.37. The molecule has 19 heavy (non-hydrogen) atoms. The van der Waals surface area contributed by atoms with Crippen LogP contribution in [0.4, 0.5) is 4.79 Å². The van der Waals surface area contributed by atoms with Gasteiger partial charge in [-0.05, 0) is 26.3 Å². The van der Waals surface area contributed by atoms with Crippen LogP contribution in [-0.4, -0.2) is 25.3 Å². The molecular weight excluding hydrogens is 246 g/mol. The van der Waals surface area contributed by atoms with Crippen molar-refractivity contribution in [2.45, 2.75) is 64.7 Å². The van der Waals surface area contributed by atoms with Gasteiger partial charge in [0, 0.05) is 6.42 Å². The van der Waals surface area contributed by atoms with Crippen LogP contribution >= 0.6 is 0 Å². The fraction of sp³-hybridized carbons (Fsp3) is 0.857. The predicted molar refractivity (Wildman–Crippen MR) is 73.7 cm³/mol. The molecule has 0 rings (SSSR count). The summed E-state index contributed by atoms with van der Waals surface area (Å²) in [6.45, 7) is 2.66. The van der Waals surface area contributed by atoms with E-state index in [1.807, 2.05) is 0 Å². The third-order valence-corrected chi connectivity index (χ3v) is 2.79. The first-order chi connectivity index (χ1) is 9.20. The molecule has 5 heteroatoms. The molecule has 0 aromatic heterocycles. The topological polar surface area (TPSA) is 78.6 Å². The van der Waals surface area contributed by atoms with E-state index in [0.717, 1.165) is 32.2 Å². The van der Waals surface area contributed by atoms with Gasteiger partial charge in [-0.3, -0.25) is 4.79 Å². The second kappa shape index (κ2) is 13.3. The molecule has 0 aliphatic heterocycles. The molecule has 0 aliphatic carbocycles. The molecular formula is C14H27NO4. The Labute approximate surface area is 115 Å². The summed E-state index contributed by atoms with van der Waals surface area (Å²) in [6, 6.07) is 0. The van der Waals surface area contributed by atoms with E-state index < -0.39 is 12.1 Å². The number of unbranched alkanes of at least 4 members (excludes halogenated alkanes) is 7. The molecule has 0 fully saturated rings. The summed E-state index contributed by atoms with van der Waals surface area (Å²) in [4.78, 5) is 22.0. The molecule has 0 heterocycles. The van der Waals surface area contributed by atoms with Gasteiger partial charge in [0.15, 0.2) is 0 Å². The molecule has 0 aliphatic rings. The first-order valence-corrected chi connectivity index (χ1v) is 7.28. The van der Waals surface area contributed by atoms with E-state index in [-0.39, 0.29) is 13.0 Å². The summed E-state index contributed by atoms with van der Waals surface area (Å²) in [5.41, 5.74) is 5.41. The van der Waals surface area contributed by atoms with Crippen molar-refractivity contribution < 1.29 is 19.1 Å². The summed E-state index contributed by atoms with van der Waals surface area (Å²) < 4.78 is 8.96. The Morgan fingerprint density at radius 2 is 1.42 bits per heavy atom. The Morgan fingerprint density at radius 1 is 0.895 bits per heavy atom. The van der Waals surface area contributed by atoms with E-state index in [9.17, 15) is 9.59 Å². The van der Waals surface area contributed by atoms with Crippen molar-refractivity contribution in [1.29, 1.82) is 0 Å². The fourth-order valence-electron chi connectivity index (χ4n) is 1.77. The van der Waals surface area contributed by atoms with E-state index in [2.05, 4.69) is 9.47 Å². The van der Waals surface area contributed by atoms with Gasteiger partial charge in [-0.2, -0.15) is 0 Å². The maximum absolute atomic E-state index is 11.2. The maximum atomic E-state index is 11.2. The second-order valence-electron chi connectivity index (χ2n) is 4.52. The van der Waals surface area contributed by atoms with E-state index in [1.54, 1.807) is 6.92 Å². The Kier molecular flexibility index (Phi) is 12.6. The predicted octanol–water partition coefficient (Wildman–Crippen LogP) is 3.16. The van der Waals surface area contributed by atoms with Crippen LogP contribution in [0.5, 0.6) is 0 Å². The van der Waals surface area contributed by atoms with E-state index in [4.69, 9.17) is 5.73 Å². The lowest BCUT2D eigenvalue weighted by Gasteiger charge is -2.03. The number of hydrogen-bond donors (Lipinski definition) is 1. The molecule has 5 nitrogen and oxygen atoms in total. The molecule has 0 bridgehead atoms. The Bertz CT molecular complexity index is 244. The molecule has 0 atom stereocenters. The maximum Gasteiger partial charge on any atom is 0.516 e. The lowest BCUT2D eigenvalue weighted by Crippen LogP contribution is -2.13. The summed E-state index contributed by atoms with van der Waals surface area (Å²) in [6.07, 6.45) is 8.25. The number of rotatable bonds is 11. The van der Waals surface area contributed by atoms with Gasteiger partial charge in [0.2, 0.25) is 0 Å². The van der Waals surface area contributed by atoms with Crippen LogP contribution < -0.4 is 5.73 Å². The standard InChI is InChI=1S/C14H27NO4/c1-2-18-14(17)19-13(16)11-9-7-5-3-4-6-8-10-12-15/h2-12,15H2,1H3. The summed E-state index contributed by atoms with van der Waals surface area (Å²) in [7, 11) is 0. The zero-order chi connectivity index (χ0) is 14.3. The zero-order valence-electron chi connectivity index (χ0n) is 12.0. The van der Waals surface area contributed by atoms with Crippen LogP contribution in [0.3, 0.4) is 0 Å². The smallest absolute Gasteiger partial charge is 0.434 e. The van der Waals surface area contributed by atoms with Crippen LogP contribution in [0.1, 0.15) is 64.7 Å². The van der Waals surface area contributed by atoms with Gasteiger partial charge >= 0.3 is 12.1 Å². The number of hydrogen-bond acceptors (Lipinski definition) is 5. The molecule has 0 unspecified atom stereocenters. The molecule has 0 amide bonds. The van der Waals surface area contributed by atoms with Crippen LogP contribution in [0.25, 0.3) is 0 Å². The van der Waals surface area contributed by atoms with Gasteiger partial charge < -0.3 is 15.2 Å². The highest BCUT2D eigenvalue weighted by Gasteiger charge is 2.10. The van der Waals surface area contributed by atoms with Gasteiger partial charge in [0.05, 0.1) is 6.61 Å². The first kappa shape index (κ1) is 17.9. The van der Waals surface area contributed by atoms with Crippen molar-refractivity contribution in [3.63, 3.8) is 0 Å². The minimum Gasteiger partial charge on any atom is -0.434 e. The van der Waals surface area contributed by atoms with Crippen molar-refractivity contribution in [1.82, 2.24) is 0 Å². The number of carbonyl (C=O) groups is 2. The van der Waals surface area contributed by atoms with E-state index in [0.29, 0.717) is 0 Å². The molecule has 112 valence electrons. The third kappa shape index (κ3) is 13.1. The highest BCUT2D eigenvalue weighted by atomic mass is 16.7. The van der Waals surface area contributed by atoms with Crippen LogP contribution in [0, 0.1) is 0 Å². The summed E-state index contributed by atoms with van der Waals surface area (Å²) in [5, 5.41) is 0. The van der Waals surface area contributed by atoms with Gasteiger partial charge in [0.1, 0.15) is 0 Å². The molecule has 2 N–H and O–H groups in total. The third-order valence-electron chi connectivity index (χ3n) is 2.79. The number of carbonyl (C=O) groups excluding carboxylic acids is 2. The Balaban J connectivity index is 3.25. The van der Waals surface area contributed by atoms with Gasteiger partial charge in [-0.1, -0.05) is 38.5 Å². The SMILES string of the molecule is CCOC(=O)OC(=O)CCCCCCCCCCN. The van der Waals surface area contributed by atoms with Crippen molar-refractivity contribution in [2.24, 2.45) is 5.73 Å². The lowest BCUT2D eigenvalue weighted by molar-refractivity contribution is -0.139. The highest BCUT2D eigenvalue weighted by Crippen LogP contribution is 2.09. The molecule has 0 radical (unpaired) electrons. The van der Waals surface area contributed by atoms with Gasteiger partial charge in [-0.15, -0.1) is 0 Å². The molecule has 0 saturated carbocycles. The van der Waals surface area contributed by atoms with Crippen LogP contribution in [0.15, 0.2) is 0 Å². The first-order valence-electron chi connectivity index (χ1n) is 7.28. The number of esters is 1. The molecule has 0 aromatic rings. The average molecular weight is 273 g/mol. The fourth-order valence-corrected chi connectivity index (χ4v) is 1.77. The Hall–Kier alpha value is -1.10. The zero-order valence-corrected chi connectivity index (χ0v) is 12.0. The van der Waals surface area contributed by atoms with Crippen LogP contribution in [-0.2, 0) is 14.3 Å². The molecule has 0 spiro atoms. The lowest BCUT2D eigenvalue weighted by atomic mass is 10.1. The minimum absolute atomic E-state index is 0.219. The molecule has 0 saturated heterocycles. The van der Waals surface area contributed by atoms with E-state index in [1.165, 1.54) is 25.7 Å². The van der Waals surface area contributed by atoms with Crippen molar-refractivity contribution in [3.8, 4) is 0 Å². The minimum atomic E-state index is -0.896. The van der Waals surface area contributed by atoms with Crippen LogP contribution in [0.2, 0.25) is 0 Å². The van der Waals surface area contributed by atoms with Crippen molar-refractivity contribution >= 4 is 12.1 Å². The number of nitrogens with two attached hydrogens (primary N) is 1. The number of ether oxygens (including phenoxy) is 2.